The van der Waals surface area contributed by atoms with Gasteiger partial charge in [0.2, 0.25) is 5.91 Å². The molecule has 1 heterocycles. The number of carboxylic acids is 1. The third-order valence-corrected chi connectivity index (χ3v) is 6.16. The van der Waals surface area contributed by atoms with Gasteiger partial charge in [0.25, 0.3) is 0 Å². The van der Waals surface area contributed by atoms with Crippen molar-refractivity contribution in [3.8, 4) is 11.1 Å². The highest BCUT2D eigenvalue weighted by atomic mass is 16.5. The van der Waals surface area contributed by atoms with Crippen LogP contribution in [0.4, 0.5) is 10.5 Å². The molecule has 0 unspecified atom stereocenters. The SMILES string of the molecule is CC(C)[C@H](CC(=O)Nc1cn(C)nc1C(=O)O)NC(=O)OCC1c2ccccc2-c2ccccc21. The standard InChI is InChI=1S/C26H28N4O5/c1-15(2)21(12-23(31)27-22-13-30(3)29-24(22)25(32)33)28-26(34)35-14-20-18-10-6-4-8-16(18)17-9-5-7-11-19(17)20/h4-11,13,15,20-21H,12,14H2,1-3H3,(H,27,31)(H,28,34)(H,32,33)/t21-/m0/s1. The van der Waals surface area contributed by atoms with Gasteiger partial charge in [0.1, 0.15) is 6.61 Å². The first-order valence-corrected chi connectivity index (χ1v) is 11.4. The van der Waals surface area contributed by atoms with Gasteiger partial charge in [0.05, 0.1) is 5.69 Å². The number of ether oxygens (including phenoxy) is 1. The van der Waals surface area contributed by atoms with Crippen molar-refractivity contribution >= 4 is 23.7 Å². The summed E-state index contributed by atoms with van der Waals surface area (Å²) in [6.45, 7) is 3.94. The number of carbonyl (C=O) groups is 3. The zero-order valence-electron chi connectivity index (χ0n) is 19.8. The van der Waals surface area contributed by atoms with Crippen molar-refractivity contribution in [2.24, 2.45) is 13.0 Å². The summed E-state index contributed by atoms with van der Waals surface area (Å²) in [7, 11) is 1.57. The molecule has 182 valence electrons. The number of hydrogen-bond acceptors (Lipinski definition) is 5. The van der Waals surface area contributed by atoms with E-state index in [1.165, 1.54) is 10.9 Å². The van der Waals surface area contributed by atoms with Crippen LogP contribution in [0.5, 0.6) is 0 Å². The van der Waals surface area contributed by atoms with Crippen LogP contribution in [0, 0.1) is 5.92 Å². The van der Waals surface area contributed by atoms with Gasteiger partial charge in [0.15, 0.2) is 5.69 Å². The molecule has 0 radical (unpaired) electrons. The van der Waals surface area contributed by atoms with Crippen molar-refractivity contribution in [2.75, 3.05) is 11.9 Å². The first kappa shape index (κ1) is 24.0. The van der Waals surface area contributed by atoms with E-state index in [4.69, 9.17) is 4.74 Å². The Morgan fingerprint density at radius 2 is 1.66 bits per heavy atom. The number of rotatable bonds is 8. The highest BCUT2D eigenvalue weighted by Gasteiger charge is 2.30. The summed E-state index contributed by atoms with van der Waals surface area (Å²) < 4.78 is 6.91. The number of benzene rings is 2. The second kappa shape index (κ2) is 10.0. The molecule has 2 aromatic carbocycles. The number of nitrogens with one attached hydrogen (secondary N) is 2. The molecule has 1 aromatic heterocycles. The number of aromatic nitrogens is 2. The lowest BCUT2D eigenvalue weighted by atomic mass is 9.98. The lowest BCUT2D eigenvalue weighted by Gasteiger charge is -2.22. The molecule has 9 heteroatoms. The molecule has 0 saturated heterocycles. The maximum atomic E-state index is 12.7. The fourth-order valence-electron chi connectivity index (χ4n) is 4.38. The highest BCUT2D eigenvalue weighted by Crippen LogP contribution is 2.44. The number of nitrogens with zero attached hydrogens (tertiary/aromatic N) is 2. The van der Waals surface area contributed by atoms with E-state index in [9.17, 15) is 19.5 Å². The Morgan fingerprint density at radius 3 is 2.23 bits per heavy atom. The van der Waals surface area contributed by atoms with E-state index in [0.29, 0.717) is 0 Å². The van der Waals surface area contributed by atoms with Crippen molar-refractivity contribution in [3.63, 3.8) is 0 Å². The molecule has 0 bridgehead atoms. The van der Waals surface area contributed by atoms with Crippen molar-refractivity contribution in [3.05, 3.63) is 71.5 Å². The quantitative estimate of drug-likeness (QED) is 0.452. The van der Waals surface area contributed by atoms with Crippen LogP contribution in [0.25, 0.3) is 11.1 Å². The van der Waals surface area contributed by atoms with E-state index in [0.717, 1.165) is 22.3 Å². The second-order valence-electron chi connectivity index (χ2n) is 8.94. The number of alkyl carbamates (subject to hydrolysis) is 1. The predicted octanol–water partition coefficient (Wildman–Crippen LogP) is 4.01. The number of fused-ring (bicyclic) bond motifs is 3. The Hall–Kier alpha value is -4.14. The Balaban J connectivity index is 1.38. The third-order valence-electron chi connectivity index (χ3n) is 6.16. The first-order valence-electron chi connectivity index (χ1n) is 11.4. The smallest absolute Gasteiger partial charge is 0.407 e. The summed E-state index contributed by atoms with van der Waals surface area (Å²) in [6, 6.07) is 15.7. The van der Waals surface area contributed by atoms with Gasteiger partial charge in [-0.1, -0.05) is 62.4 Å². The molecular formula is C26H28N4O5. The number of aryl methyl sites for hydroxylation is 1. The van der Waals surface area contributed by atoms with Crippen molar-refractivity contribution in [2.45, 2.75) is 32.2 Å². The van der Waals surface area contributed by atoms with Gasteiger partial charge >= 0.3 is 12.1 Å². The van der Waals surface area contributed by atoms with Crippen LogP contribution in [0.3, 0.4) is 0 Å². The average Bonchev–Trinajstić information content (AvgIpc) is 3.34. The summed E-state index contributed by atoms with van der Waals surface area (Å²) >= 11 is 0. The topological polar surface area (TPSA) is 123 Å². The van der Waals surface area contributed by atoms with E-state index in [1.807, 2.05) is 50.2 Å². The van der Waals surface area contributed by atoms with E-state index < -0.39 is 24.0 Å². The maximum absolute atomic E-state index is 12.7. The zero-order chi connectivity index (χ0) is 25.1. The molecule has 2 amide bonds. The Kier molecular flexibility index (Phi) is 6.86. The fraction of sp³-hybridized carbons (Fsp3) is 0.308. The minimum absolute atomic E-state index is 0.0458. The molecule has 1 atom stereocenters. The third kappa shape index (κ3) is 5.18. The number of amides is 2. The van der Waals surface area contributed by atoms with E-state index in [2.05, 4.69) is 27.9 Å². The van der Waals surface area contributed by atoms with Gasteiger partial charge in [0, 0.05) is 31.6 Å². The molecular weight excluding hydrogens is 448 g/mol. The largest absolute Gasteiger partial charge is 0.476 e. The monoisotopic (exact) mass is 476 g/mol. The number of carboxylic acid groups (broad SMARTS) is 1. The molecule has 1 aliphatic carbocycles. The van der Waals surface area contributed by atoms with Crippen LogP contribution < -0.4 is 10.6 Å². The molecule has 3 N–H and O–H groups in total. The van der Waals surface area contributed by atoms with Gasteiger partial charge in [-0.25, -0.2) is 9.59 Å². The Labute approximate surface area is 203 Å². The number of carbonyl (C=O) groups excluding carboxylic acids is 2. The van der Waals surface area contributed by atoms with Crippen LogP contribution >= 0.6 is 0 Å². The molecule has 4 rings (SSSR count). The van der Waals surface area contributed by atoms with E-state index >= 15 is 0 Å². The fourth-order valence-corrected chi connectivity index (χ4v) is 4.38. The minimum Gasteiger partial charge on any atom is -0.476 e. The van der Waals surface area contributed by atoms with Crippen LogP contribution in [0.15, 0.2) is 54.7 Å². The van der Waals surface area contributed by atoms with E-state index in [1.54, 1.807) is 7.05 Å². The van der Waals surface area contributed by atoms with Gasteiger partial charge in [-0.05, 0) is 28.2 Å². The van der Waals surface area contributed by atoms with Crippen molar-refractivity contribution in [1.82, 2.24) is 15.1 Å². The molecule has 0 spiro atoms. The molecule has 0 fully saturated rings. The van der Waals surface area contributed by atoms with Crippen molar-refractivity contribution < 1.29 is 24.2 Å². The number of aromatic carboxylic acids is 1. The minimum atomic E-state index is -1.24. The molecule has 3 aromatic rings. The normalized spacial score (nSPS) is 13.1. The molecule has 0 aliphatic heterocycles. The predicted molar refractivity (Wildman–Crippen MR) is 130 cm³/mol. The lowest BCUT2D eigenvalue weighted by molar-refractivity contribution is -0.116. The molecule has 0 saturated carbocycles. The lowest BCUT2D eigenvalue weighted by Crippen LogP contribution is -2.41. The van der Waals surface area contributed by atoms with E-state index in [-0.39, 0.29) is 36.2 Å². The van der Waals surface area contributed by atoms with Gasteiger partial charge in [-0.2, -0.15) is 5.10 Å². The summed E-state index contributed by atoms with van der Waals surface area (Å²) in [5.41, 5.74) is 4.38. The molecule has 35 heavy (non-hydrogen) atoms. The van der Waals surface area contributed by atoms with Gasteiger partial charge in [-0.15, -0.1) is 0 Å². The van der Waals surface area contributed by atoms with Gasteiger partial charge < -0.3 is 20.5 Å². The molecule has 1 aliphatic rings. The summed E-state index contributed by atoms with van der Waals surface area (Å²) in [5.74, 6) is -1.79. The summed E-state index contributed by atoms with van der Waals surface area (Å²) in [6.07, 6.45) is 0.770. The maximum Gasteiger partial charge on any atom is 0.407 e. The van der Waals surface area contributed by atoms with Crippen LogP contribution in [0.1, 0.15) is 47.8 Å². The highest BCUT2D eigenvalue weighted by molar-refractivity contribution is 5.99. The number of anilines is 1. The Morgan fingerprint density at radius 1 is 1.06 bits per heavy atom. The second-order valence-corrected chi connectivity index (χ2v) is 8.94. The zero-order valence-corrected chi connectivity index (χ0v) is 19.8. The van der Waals surface area contributed by atoms with Crippen LogP contribution in [0.2, 0.25) is 0 Å². The van der Waals surface area contributed by atoms with Crippen LogP contribution in [-0.4, -0.2) is 45.5 Å². The first-order chi connectivity index (χ1) is 16.7. The molecule has 9 nitrogen and oxygen atoms in total. The van der Waals surface area contributed by atoms with Crippen LogP contribution in [-0.2, 0) is 16.6 Å². The average molecular weight is 477 g/mol. The van der Waals surface area contributed by atoms with Gasteiger partial charge in [-0.3, -0.25) is 9.48 Å². The summed E-state index contributed by atoms with van der Waals surface area (Å²) in [5, 5.41) is 18.4. The summed E-state index contributed by atoms with van der Waals surface area (Å²) in [4.78, 5) is 36.6. The number of hydrogen-bond donors (Lipinski definition) is 3. The Bertz CT molecular complexity index is 1220. The van der Waals surface area contributed by atoms with Crippen molar-refractivity contribution in [1.29, 1.82) is 0 Å².